The van der Waals surface area contributed by atoms with Crippen LogP contribution in [0, 0.1) is 17.2 Å². The second kappa shape index (κ2) is 9.36. The van der Waals surface area contributed by atoms with E-state index in [4.69, 9.17) is 5.26 Å². The van der Waals surface area contributed by atoms with Gasteiger partial charge in [-0.15, -0.1) is 0 Å². The number of rotatable bonds is 8. The molecular formula is C11H22N2S. The summed E-state index contributed by atoms with van der Waals surface area (Å²) in [6.07, 6.45) is 2.06. The lowest BCUT2D eigenvalue weighted by atomic mass is 10.2. The maximum absolute atomic E-state index is 8.84. The number of nitriles is 1. The number of nitrogens with one attached hydrogen (secondary N) is 1. The highest BCUT2D eigenvalue weighted by atomic mass is 32.2. The lowest BCUT2D eigenvalue weighted by molar-refractivity contribution is 0.585. The molecule has 1 N–H and O–H groups in total. The fraction of sp³-hybridized carbons (Fsp3) is 0.909. The summed E-state index contributed by atoms with van der Waals surface area (Å²) < 4.78 is 0. The van der Waals surface area contributed by atoms with Crippen molar-refractivity contribution in [2.45, 2.75) is 39.7 Å². The van der Waals surface area contributed by atoms with Gasteiger partial charge in [0.05, 0.1) is 12.1 Å². The van der Waals surface area contributed by atoms with Gasteiger partial charge in [-0.25, -0.2) is 0 Å². The van der Waals surface area contributed by atoms with Gasteiger partial charge in [-0.2, -0.15) is 17.0 Å². The Kier molecular flexibility index (Phi) is 9.23. The molecule has 0 fully saturated rings. The van der Waals surface area contributed by atoms with Crippen LogP contribution in [0.4, 0.5) is 0 Å². The standard InChI is InChI=1S/C11H22N2S/c1-4-6-13-11(8-12)5-7-14-9-10(2)3/h10-11,13H,4-7,9H2,1-3H3. The Morgan fingerprint density at radius 3 is 2.64 bits per heavy atom. The highest BCUT2D eigenvalue weighted by molar-refractivity contribution is 7.99. The number of hydrogen-bond acceptors (Lipinski definition) is 3. The molecule has 0 saturated carbocycles. The molecule has 14 heavy (non-hydrogen) atoms. The van der Waals surface area contributed by atoms with E-state index >= 15 is 0 Å². The topological polar surface area (TPSA) is 35.8 Å². The fourth-order valence-electron chi connectivity index (χ4n) is 1.05. The molecule has 1 atom stereocenters. The van der Waals surface area contributed by atoms with E-state index in [0.717, 1.165) is 31.1 Å². The van der Waals surface area contributed by atoms with Gasteiger partial charge < -0.3 is 5.32 Å². The van der Waals surface area contributed by atoms with E-state index in [1.54, 1.807) is 0 Å². The Balaban J connectivity index is 3.39. The summed E-state index contributed by atoms with van der Waals surface area (Å²) in [4.78, 5) is 0. The van der Waals surface area contributed by atoms with Crippen LogP contribution < -0.4 is 5.32 Å². The smallest absolute Gasteiger partial charge is 0.0960 e. The van der Waals surface area contributed by atoms with E-state index in [2.05, 4.69) is 32.2 Å². The molecule has 0 amide bonds. The van der Waals surface area contributed by atoms with E-state index in [-0.39, 0.29) is 6.04 Å². The quantitative estimate of drug-likeness (QED) is 0.631. The SMILES string of the molecule is CCCNC(C#N)CCSCC(C)C. The third-order valence-electron chi connectivity index (χ3n) is 1.80. The van der Waals surface area contributed by atoms with Crippen molar-refractivity contribution in [3.05, 3.63) is 0 Å². The summed E-state index contributed by atoms with van der Waals surface area (Å²) in [5, 5.41) is 12.1. The van der Waals surface area contributed by atoms with Crippen molar-refractivity contribution < 1.29 is 0 Å². The summed E-state index contributed by atoms with van der Waals surface area (Å²) in [7, 11) is 0. The van der Waals surface area contributed by atoms with Gasteiger partial charge in [0.15, 0.2) is 0 Å². The maximum Gasteiger partial charge on any atom is 0.0960 e. The molecular weight excluding hydrogens is 192 g/mol. The van der Waals surface area contributed by atoms with E-state index in [1.165, 1.54) is 5.75 Å². The van der Waals surface area contributed by atoms with Crippen molar-refractivity contribution in [1.29, 1.82) is 5.26 Å². The lowest BCUT2D eigenvalue weighted by Crippen LogP contribution is -2.28. The molecule has 0 aliphatic heterocycles. The summed E-state index contributed by atoms with van der Waals surface area (Å²) in [6, 6.07) is 2.35. The maximum atomic E-state index is 8.84. The minimum Gasteiger partial charge on any atom is -0.302 e. The first-order chi connectivity index (χ1) is 6.70. The van der Waals surface area contributed by atoms with Gasteiger partial charge in [0, 0.05) is 0 Å². The lowest BCUT2D eigenvalue weighted by Gasteiger charge is -2.10. The van der Waals surface area contributed by atoms with Crippen molar-refractivity contribution in [3.63, 3.8) is 0 Å². The van der Waals surface area contributed by atoms with Crippen molar-refractivity contribution in [1.82, 2.24) is 5.32 Å². The minimum absolute atomic E-state index is 0.0506. The zero-order valence-corrected chi connectivity index (χ0v) is 10.4. The van der Waals surface area contributed by atoms with Crippen LogP contribution in [0.3, 0.4) is 0 Å². The first-order valence-electron chi connectivity index (χ1n) is 5.41. The van der Waals surface area contributed by atoms with Gasteiger partial charge in [0.25, 0.3) is 0 Å². The average molecular weight is 214 g/mol. The molecule has 0 radical (unpaired) electrons. The summed E-state index contributed by atoms with van der Waals surface area (Å²) >= 11 is 1.95. The van der Waals surface area contributed by atoms with Gasteiger partial charge in [-0.1, -0.05) is 20.8 Å². The van der Waals surface area contributed by atoms with Gasteiger partial charge in [0.2, 0.25) is 0 Å². The summed E-state index contributed by atoms with van der Waals surface area (Å²) in [6.45, 7) is 7.52. The molecule has 0 aromatic rings. The normalized spacial score (nSPS) is 12.8. The molecule has 2 nitrogen and oxygen atoms in total. The molecule has 0 heterocycles. The van der Waals surface area contributed by atoms with Crippen LogP contribution in [0.2, 0.25) is 0 Å². The largest absolute Gasteiger partial charge is 0.302 e. The predicted octanol–water partition coefficient (Wildman–Crippen LogP) is 2.66. The molecule has 0 rings (SSSR count). The van der Waals surface area contributed by atoms with Gasteiger partial charge >= 0.3 is 0 Å². The highest BCUT2D eigenvalue weighted by Gasteiger charge is 2.05. The van der Waals surface area contributed by atoms with E-state index in [0.29, 0.717) is 0 Å². The average Bonchev–Trinajstić information content (AvgIpc) is 2.16. The Labute approximate surface area is 92.5 Å². The molecule has 0 spiro atoms. The Hall–Kier alpha value is -0.200. The van der Waals surface area contributed by atoms with Crippen LogP contribution in [0.5, 0.6) is 0 Å². The molecule has 82 valence electrons. The third kappa shape index (κ3) is 8.40. The number of thioether (sulfide) groups is 1. The van der Waals surface area contributed by atoms with Crippen LogP contribution in [-0.4, -0.2) is 24.1 Å². The van der Waals surface area contributed by atoms with Crippen LogP contribution in [-0.2, 0) is 0 Å². The predicted molar refractivity (Wildman–Crippen MR) is 64.5 cm³/mol. The molecule has 0 aromatic heterocycles. The second-order valence-corrected chi connectivity index (χ2v) is 5.04. The Morgan fingerprint density at radius 1 is 1.43 bits per heavy atom. The first-order valence-corrected chi connectivity index (χ1v) is 6.56. The molecule has 0 aliphatic rings. The van der Waals surface area contributed by atoms with Gasteiger partial charge in [0.1, 0.15) is 0 Å². The van der Waals surface area contributed by atoms with Crippen LogP contribution in [0.15, 0.2) is 0 Å². The zero-order chi connectivity index (χ0) is 10.8. The Bertz CT molecular complexity index is 163. The highest BCUT2D eigenvalue weighted by Crippen LogP contribution is 2.09. The fourth-order valence-corrected chi connectivity index (χ4v) is 2.09. The van der Waals surface area contributed by atoms with Crippen molar-refractivity contribution in [2.75, 3.05) is 18.1 Å². The third-order valence-corrected chi connectivity index (χ3v) is 3.23. The van der Waals surface area contributed by atoms with Gasteiger partial charge in [-0.05, 0) is 36.8 Å². The van der Waals surface area contributed by atoms with Crippen LogP contribution in [0.25, 0.3) is 0 Å². The zero-order valence-electron chi connectivity index (χ0n) is 9.55. The van der Waals surface area contributed by atoms with E-state index in [9.17, 15) is 0 Å². The Morgan fingerprint density at radius 2 is 2.14 bits per heavy atom. The second-order valence-electron chi connectivity index (χ2n) is 3.89. The van der Waals surface area contributed by atoms with Gasteiger partial charge in [-0.3, -0.25) is 0 Å². The summed E-state index contributed by atoms with van der Waals surface area (Å²) in [5.41, 5.74) is 0. The molecule has 3 heteroatoms. The summed E-state index contributed by atoms with van der Waals surface area (Å²) in [5.74, 6) is 3.04. The van der Waals surface area contributed by atoms with E-state index in [1.807, 2.05) is 11.8 Å². The molecule has 0 saturated heterocycles. The van der Waals surface area contributed by atoms with Crippen LogP contribution >= 0.6 is 11.8 Å². The molecule has 0 bridgehead atoms. The monoisotopic (exact) mass is 214 g/mol. The molecule has 1 unspecified atom stereocenters. The van der Waals surface area contributed by atoms with Crippen molar-refractivity contribution in [3.8, 4) is 6.07 Å². The number of nitrogens with zero attached hydrogens (tertiary/aromatic N) is 1. The van der Waals surface area contributed by atoms with E-state index < -0.39 is 0 Å². The molecule has 0 aromatic carbocycles. The minimum atomic E-state index is 0.0506. The van der Waals surface area contributed by atoms with Crippen molar-refractivity contribution in [2.24, 2.45) is 5.92 Å². The van der Waals surface area contributed by atoms with Crippen molar-refractivity contribution >= 4 is 11.8 Å². The first kappa shape index (κ1) is 13.8. The molecule has 0 aliphatic carbocycles. The van der Waals surface area contributed by atoms with Crippen LogP contribution in [0.1, 0.15) is 33.6 Å². The number of hydrogen-bond donors (Lipinski definition) is 1.